The normalized spacial score (nSPS) is 21.9. The molecule has 1 atom stereocenters. The van der Waals surface area contributed by atoms with Gasteiger partial charge < -0.3 is 10.2 Å². The van der Waals surface area contributed by atoms with Crippen LogP contribution in [-0.2, 0) is 6.54 Å². The molecule has 1 heterocycles. The van der Waals surface area contributed by atoms with Gasteiger partial charge in [-0.15, -0.1) is 0 Å². The largest absolute Gasteiger partial charge is 0.505 e. The van der Waals surface area contributed by atoms with Crippen LogP contribution in [0.2, 0.25) is 0 Å². The molecule has 0 amide bonds. The molecule has 1 aliphatic rings. The van der Waals surface area contributed by atoms with E-state index in [0.29, 0.717) is 6.54 Å². The van der Waals surface area contributed by atoms with Crippen LogP contribution >= 0.6 is 0 Å². The van der Waals surface area contributed by atoms with Crippen molar-refractivity contribution in [1.29, 1.82) is 0 Å². The Balaban J connectivity index is 2.59. The second-order valence-corrected chi connectivity index (χ2v) is 3.26. The zero-order chi connectivity index (χ0) is 9.59. The van der Waals surface area contributed by atoms with E-state index in [4.69, 9.17) is 5.11 Å². The molecule has 2 N–H and O–H groups in total. The van der Waals surface area contributed by atoms with Gasteiger partial charge in [0.2, 0.25) is 0 Å². The van der Waals surface area contributed by atoms with E-state index in [1.165, 1.54) is 6.07 Å². The third-order valence-electron chi connectivity index (χ3n) is 2.35. The Hall–Kier alpha value is -1.13. The fourth-order valence-corrected chi connectivity index (χ4v) is 1.61. The van der Waals surface area contributed by atoms with Crippen molar-refractivity contribution in [3.8, 4) is 5.75 Å². The van der Waals surface area contributed by atoms with E-state index in [9.17, 15) is 9.50 Å². The second-order valence-electron chi connectivity index (χ2n) is 3.26. The summed E-state index contributed by atoms with van der Waals surface area (Å²) in [5, 5.41) is 18.6. The molecule has 1 aromatic rings. The summed E-state index contributed by atoms with van der Waals surface area (Å²) in [5.41, 5.74) is 0.924. The predicted molar refractivity (Wildman–Crippen MR) is 44.5 cm³/mol. The number of hydrogen-bond acceptors (Lipinski definition) is 3. The maximum absolute atomic E-state index is 13.3. The predicted octanol–water partition coefficient (Wildman–Crippen LogP) is 0.968. The van der Waals surface area contributed by atoms with E-state index in [1.54, 1.807) is 18.0 Å². The number of fused-ring (bicyclic) bond motifs is 1. The van der Waals surface area contributed by atoms with Gasteiger partial charge in [-0.2, -0.15) is 0 Å². The summed E-state index contributed by atoms with van der Waals surface area (Å²) in [6, 6.07) is 2.93. The van der Waals surface area contributed by atoms with Crippen molar-refractivity contribution in [2.45, 2.75) is 12.8 Å². The van der Waals surface area contributed by atoms with Crippen molar-refractivity contribution < 1.29 is 14.6 Å². The number of phenols is 1. The van der Waals surface area contributed by atoms with Crippen molar-refractivity contribution in [1.82, 2.24) is 4.90 Å². The Morgan fingerprint density at radius 1 is 1.54 bits per heavy atom. The molecular weight excluding hydrogens is 173 g/mol. The SMILES string of the molecule is CN1Cc2ccc(O)c(F)c2C1O. The third-order valence-corrected chi connectivity index (χ3v) is 2.35. The molecule has 0 bridgehead atoms. The molecule has 0 spiro atoms. The van der Waals surface area contributed by atoms with Gasteiger partial charge in [-0.1, -0.05) is 6.07 Å². The summed E-state index contributed by atoms with van der Waals surface area (Å²) in [6.45, 7) is 0.508. The van der Waals surface area contributed by atoms with Gasteiger partial charge >= 0.3 is 0 Å². The summed E-state index contributed by atoms with van der Waals surface area (Å²) in [5.74, 6) is -1.12. The summed E-state index contributed by atoms with van der Waals surface area (Å²) in [4.78, 5) is 1.60. The van der Waals surface area contributed by atoms with Crippen LogP contribution < -0.4 is 0 Å². The van der Waals surface area contributed by atoms with Crippen molar-refractivity contribution in [2.24, 2.45) is 0 Å². The molecule has 4 heteroatoms. The lowest BCUT2D eigenvalue weighted by Crippen LogP contribution is -2.15. The molecule has 0 aromatic heterocycles. The van der Waals surface area contributed by atoms with E-state index in [1.807, 2.05) is 0 Å². The van der Waals surface area contributed by atoms with Gasteiger partial charge in [-0.25, -0.2) is 4.39 Å². The second kappa shape index (κ2) is 2.68. The maximum Gasteiger partial charge on any atom is 0.172 e. The smallest absolute Gasteiger partial charge is 0.172 e. The first-order valence-electron chi connectivity index (χ1n) is 4.00. The van der Waals surface area contributed by atoms with Gasteiger partial charge in [0.25, 0.3) is 0 Å². The quantitative estimate of drug-likeness (QED) is 0.629. The molecule has 0 aliphatic carbocycles. The molecule has 1 aromatic carbocycles. The fourth-order valence-electron chi connectivity index (χ4n) is 1.61. The van der Waals surface area contributed by atoms with Gasteiger partial charge in [0.1, 0.15) is 6.23 Å². The van der Waals surface area contributed by atoms with Crippen molar-refractivity contribution in [3.63, 3.8) is 0 Å². The summed E-state index contributed by atoms with van der Waals surface area (Å²) in [6.07, 6.45) is -0.943. The van der Waals surface area contributed by atoms with E-state index in [0.717, 1.165) is 5.56 Å². The number of benzene rings is 1. The van der Waals surface area contributed by atoms with Crippen LogP contribution in [0.25, 0.3) is 0 Å². The standard InChI is InChI=1S/C9H10FNO2/c1-11-4-5-2-3-6(12)8(10)7(5)9(11)13/h2-3,9,12-13H,4H2,1H3. The fraction of sp³-hybridized carbons (Fsp3) is 0.333. The molecular formula is C9H10FNO2. The van der Waals surface area contributed by atoms with Crippen LogP contribution in [0.5, 0.6) is 5.75 Å². The zero-order valence-corrected chi connectivity index (χ0v) is 7.16. The van der Waals surface area contributed by atoms with Crippen LogP contribution in [-0.4, -0.2) is 22.2 Å². The van der Waals surface area contributed by atoms with Gasteiger partial charge in [0.05, 0.1) is 0 Å². The van der Waals surface area contributed by atoms with Crippen LogP contribution in [0, 0.1) is 5.82 Å². The van der Waals surface area contributed by atoms with Gasteiger partial charge in [0, 0.05) is 12.1 Å². The molecule has 1 aliphatic heterocycles. The first kappa shape index (κ1) is 8.47. The van der Waals surface area contributed by atoms with Gasteiger partial charge in [-0.05, 0) is 18.7 Å². The Labute approximate surface area is 75.0 Å². The summed E-state index contributed by atoms with van der Waals surface area (Å²) >= 11 is 0. The monoisotopic (exact) mass is 183 g/mol. The van der Waals surface area contributed by atoms with E-state index < -0.39 is 17.8 Å². The average molecular weight is 183 g/mol. The van der Waals surface area contributed by atoms with Crippen molar-refractivity contribution in [3.05, 3.63) is 29.1 Å². The number of aliphatic hydroxyl groups excluding tert-OH is 1. The number of aromatic hydroxyl groups is 1. The maximum atomic E-state index is 13.3. The molecule has 0 saturated carbocycles. The van der Waals surface area contributed by atoms with E-state index >= 15 is 0 Å². The van der Waals surface area contributed by atoms with Gasteiger partial charge in [0.15, 0.2) is 11.6 Å². The van der Waals surface area contributed by atoms with Crippen molar-refractivity contribution in [2.75, 3.05) is 7.05 Å². The number of halogens is 1. The Kier molecular flexibility index (Phi) is 1.75. The topological polar surface area (TPSA) is 43.7 Å². The molecule has 0 saturated heterocycles. The first-order chi connectivity index (χ1) is 6.11. The summed E-state index contributed by atoms with van der Waals surface area (Å²) in [7, 11) is 1.70. The Morgan fingerprint density at radius 3 is 2.92 bits per heavy atom. The molecule has 0 fully saturated rings. The Bertz CT molecular complexity index is 354. The van der Waals surface area contributed by atoms with Crippen LogP contribution in [0.15, 0.2) is 12.1 Å². The highest BCUT2D eigenvalue weighted by molar-refractivity contribution is 5.40. The summed E-state index contributed by atoms with van der Waals surface area (Å²) < 4.78 is 13.3. The number of phenolic OH excluding ortho intramolecular Hbond substituents is 1. The van der Waals surface area contributed by atoms with Crippen molar-refractivity contribution >= 4 is 0 Å². The minimum absolute atomic E-state index is 0.197. The van der Waals surface area contributed by atoms with Crippen LogP contribution in [0.3, 0.4) is 0 Å². The highest BCUT2D eigenvalue weighted by Crippen LogP contribution is 2.35. The molecule has 0 radical (unpaired) electrons. The van der Waals surface area contributed by atoms with E-state index in [2.05, 4.69) is 0 Å². The lowest BCUT2D eigenvalue weighted by molar-refractivity contribution is 0.0312. The highest BCUT2D eigenvalue weighted by Gasteiger charge is 2.29. The average Bonchev–Trinajstić information content (AvgIpc) is 2.37. The molecule has 2 rings (SSSR count). The minimum atomic E-state index is -0.943. The number of nitrogens with zero attached hydrogens (tertiary/aromatic N) is 1. The van der Waals surface area contributed by atoms with E-state index in [-0.39, 0.29) is 5.56 Å². The molecule has 1 unspecified atom stereocenters. The number of aliphatic hydroxyl groups is 1. The number of hydrogen-bond donors (Lipinski definition) is 2. The minimum Gasteiger partial charge on any atom is -0.505 e. The number of rotatable bonds is 0. The zero-order valence-electron chi connectivity index (χ0n) is 7.16. The lowest BCUT2D eigenvalue weighted by atomic mass is 10.1. The molecule has 3 nitrogen and oxygen atoms in total. The Morgan fingerprint density at radius 2 is 2.23 bits per heavy atom. The van der Waals surface area contributed by atoms with Crippen LogP contribution in [0.4, 0.5) is 4.39 Å². The highest BCUT2D eigenvalue weighted by atomic mass is 19.1. The third kappa shape index (κ3) is 1.10. The molecule has 70 valence electrons. The first-order valence-corrected chi connectivity index (χ1v) is 4.00. The lowest BCUT2D eigenvalue weighted by Gasteiger charge is -2.13. The van der Waals surface area contributed by atoms with Gasteiger partial charge in [-0.3, -0.25) is 4.90 Å². The van der Waals surface area contributed by atoms with Crippen LogP contribution in [0.1, 0.15) is 17.4 Å². The molecule has 13 heavy (non-hydrogen) atoms.